The number of ether oxygens (including phenoxy) is 1. The molecule has 1 aliphatic heterocycles. The first kappa shape index (κ1) is 17.3. The zero-order valence-corrected chi connectivity index (χ0v) is 14.5. The number of para-hydroxylation sites is 1. The molecule has 0 aliphatic carbocycles. The van der Waals surface area contributed by atoms with Gasteiger partial charge in [0.15, 0.2) is 0 Å². The molecule has 2 aromatic carbocycles. The van der Waals surface area contributed by atoms with Gasteiger partial charge in [-0.15, -0.1) is 0 Å². The van der Waals surface area contributed by atoms with Gasteiger partial charge in [-0.1, -0.05) is 48.0 Å². The minimum Gasteiger partial charge on any atom is -0.410 e. The van der Waals surface area contributed by atoms with E-state index in [1.807, 2.05) is 36.4 Å². The van der Waals surface area contributed by atoms with Gasteiger partial charge in [0.25, 0.3) is 0 Å². The molecule has 0 bridgehead atoms. The van der Waals surface area contributed by atoms with E-state index in [1.54, 1.807) is 28.0 Å². The molecule has 6 heteroatoms. The lowest BCUT2D eigenvalue weighted by molar-refractivity contribution is -0.132. The van der Waals surface area contributed by atoms with Gasteiger partial charge in [-0.2, -0.15) is 0 Å². The molecule has 1 heterocycles. The normalized spacial score (nSPS) is 14.3. The maximum Gasteiger partial charge on any atom is 0.415 e. The van der Waals surface area contributed by atoms with Crippen molar-refractivity contribution in [1.82, 2.24) is 9.80 Å². The van der Waals surface area contributed by atoms with Crippen molar-refractivity contribution in [1.29, 1.82) is 0 Å². The van der Waals surface area contributed by atoms with Crippen molar-refractivity contribution >= 4 is 23.6 Å². The maximum absolute atomic E-state index is 12.4. The van der Waals surface area contributed by atoms with Gasteiger partial charge in [0.1, 0.15) is 5.75 Å². The average Bonchev–Trinajstić information content (AvgIpc) is 2.64. The van der Waals surface area contributed by atoms with E-state index < -0.39 is 0 Å². The van der Waals surface area contributed by atoms with Gasteiger partial charge < -0.3 is 14.5 Å². The number of rotatable bonds is 3. The summed E-state index contributed by atoms with van der Waals surface area (Å²) < 4.78 is 5.33. The molecule has 130 valence electrons. The van der Waals surface area contributed by atoms with Crippen LogP contribution in [0.2, 0.25) is 5.02 Å². The molecule has 0 unspecified atom stereocenters. The number of carbonyl (C=O) groups is 2. The molecule has 1 fully saturated rings. The molecule has 1 aliphatic rings. The smallest absolute Gasteiger partial charge is 0.410 e. The van der Waals surface area contributed by atoms with Gasteiger partial charge in [0, 0.05) is 31.2 Å². The summed E-state index contributed by atoms with van der Waals surface area (Å²) in [6.45, 7) is 1.90. The second-order valence-electron chi connectivity index (χ2n) is 5.82. The van der Waals surface area contributed by atoms with E-state index in [0.29, 0.717) is 37.0 Å². The van der Waals surface area contributed by atoms with Gasteiger partial charge in [-0.05, 0) is 23.8 Å². The van der Waals surface area contributed by atoms with Crippen LogP contribution in [0.4, 0.5) is 4.79 Å². The third-order valence-electron chi connectivity index (χ3n) is 4.14. The van der Waals surface area contributed by atoms with Crippen LogP contribution in [0.3, 0.4) is 0 Å². The molecule has 0 N–H and O–H groups in total. The largest absolute Gasteiger partial charge is 0.415 e. The lowest BCUT2D eigenvalue weighted by atomic mass is 10.1. The Morgan fingerprint density at radius 1 is 0.880 bits per heavy atom. The quantitative estimate of drug-likeness (QED) is 0.846. The Kier molecular flexibility index (Phi) is 5.56. The van der Waals surface area contributed by atoms with Crippen molar-refractivity contribution in [3.8, 4) is 5.75 Å². The topological polar surface area (TPSA) is 49.9 Å². The molecule has 3 rings (SSSR count). The number of amides is 2. The third kappa shape index (κ3) is 4.51. The number of halogens is 1. The molecule has 2 amide bonds. The standard InChI is InChI=1S/C19H19ClN2O3/c20-17-9-5-4-6-15(17)14-18(23)21-10-12-22(13-11-21)19(24)25-16-7-2-1-3-8-16/h1-9H,10-14H2. The molecule has 0 aromatic heterocycles. The van der Waals surface area contributed by atoms with Gasteiger partial charge in [0.05, 0.1) is 6.42 Å². The van der Waals surface area contributed by atoms with E-state index in [0.717, 1.165) is 5.56 Å². The molecule has 0 atom stereocenters. The Morgan fingerprint density at radius 3 is 2.16 bits per heavy atom. The van der Waals surface area contributed by atoms with Crippen LogP contribution in [-0.2, 0) is 11.2 Å². The van der Waals surface area contributed by atoms with Crippen molar-refractivity contribution in [3.05, 3.63) is 65.2 Å². The van der Waals surface area contributed by atoms with Crippen LogP contribution in [0.5, 0.6) is 5.75 Å². The average molecular weight is 359 g/mol. The van der Waals surface area contributed by atoms with Crippen LogP contribution in [0, 0.1) is 0 Å². The molecule has 0 radical (unpaired) electrons. The fourth-order valence-corrected chi connectivity index (χ4v) is 2.91. The minimum atomic E-state index is -0.385. The Morgan fingerprint density at radius 2 is 1.48 bits per heavy atom. The summed E-state index contributed by atoms with van der Waals surface area (Å²) in [5.74, 6) is 0.536. The lowest BCUT2D eigenvalue weighted by Crippen LogP contribution is -2.51. The molecule has 0 saturated carbocycles. The monoisotopic (exact) mass is 358 g/mol. The molecule has 25 heavy (non-hydrogen) atoms. The van der Waals surface area contributed by atoms with Crippen molar-refractivity contribution in [3.63, 3.8) is 0 Å². The summed E-state index contributed by atoms with van der Waals surface area (Å²) in [5.41, 5.74) is 0.820. The van der Waals surface area contributed by atoms with E-state index in [1.165, 1.54) is 0 Å². The number of piperazine rings is 1. The van der Waals surface area contributed by atoms with Crippen molar-refractivity contribution in [2.75, 3.05) is 26.2 Å². The van der Waals surface area contributed by atoms with E-state index in [4.69, 9.17) is 16.3 Å². The van der Waals surface area contributed by atoms with E-state index in [-0.39, 0.29) is 18.4 Å². The Hall–Kier alpha value is -2.53. The summed E-state index contributed by atoms with van der Waals surface area (Å²) >= 11 is 6.11. The van der Waals surface area contributed by atoms with Crippen molar-refractivity contribution < 1.29 is 14.3 Å². The second kappa shape index (κ2) is 8.03. The number of hydrogen-bond donors (Lipinski definition) is 0. The first-order valence-corrected chi connectivity index (χ1v) is 8.54. The van der Waals surface area contributed by atoms with Crippen molar-refractivity contribution in [2.45, 2.75) is 6.42 Å². The fraction of sp³-hybridized carbons (Fsp3) is 0.263. The van der Waals surface area contributed by atoms with E-state index in [9.17, 15) is 9.59 Å². The first-order chi connectivity index (χ1) is 12.1. The number of benzene rings is 2. The highest BCUT2D eigenvalue weighted by atomic mass is 35.5. The van der Waals surface area contributed by atoms with Crippen molar-refractivity contribution in [2.24, 2.45) is 0 Å². The van der Waals surface area contributed by atoms with E-state index in [2.05, 4.69) is 0 Å². The first-order valence-electron chi connectivity index (χ1n) is 8.16. The molecular formula is C19H19ClN2O3. The number of carbonyl (C=O) groups excluding carboxylic acids is 2. The molecule has 0 spiro atoms. The summed E-state index contributed by atoms with van der Waals surface area (Å²) in [4.78, 5) is 28.0. The zero-order chi connectivity index (χ0) is 17.6. The zero-order valence-electron chi connectivity index (χ0n) is 13.7. The Labute approximate surface area is 151 Å². The van der Waals surface area contributed by atoms with Crippen LogP contribution in [0.25, 0.3) is 0 Å². The Balaban J connectivity index is 1.50. The summed E-state index contributed by atoms with van der Waals surface area (Å²) in [6.07, 6.45) is -0.113. The van der Waals surface area contributed by atoms with Crippen LogP contribution in [-0.4, -0.2) is 48.0 Å². The van der Waals surface area contributed by atoms with Crippen LogP contribution < -0.4 is 4.74 Å². The van der Waals surface area contributed by atoms with Crippen LogP contribution >= 0.6 is 11.6 Å². The highest BCUT2D eigenvalue weighted by molar-refractivity contribution is 6.31. The lowest BCUT2D eigenvalue weighted by Gasteiger charge is -2.34. The highest BCUT2D eigenvalue weighted by Gasteiger charge is 2.25. The van der Waals surface area contributed by atoms with Gasteiger partial charge in [0.2, 0.25) is 5.91 Å². The van der Waals surface area contributed by atoms with Gasteiger partial charge >= 0.3 is 6.09 Å². The van der Waals surface area contributed by atoms with Gasteiger partial charge in [-0.3, -0.25) is 4.79 Å². The van der Waals surface area contributed by atoms with E-state index >= 15 is 0 Å². The maximum atomic E-state index is 12.4. The summed E-state index contributed by atoms with van der Waals surface area (Å²) in [5, 5.41) is 0.598. The second-order valence-corrected chi connectivity index (χ2v) is 6.22. The number of hydrogen-bond acceptors (Lipinski definition) is 3. The Bertz CT molecular complexity index is 743. The highest BCUT2D eigenvalue weighted by Crippen LogP contribution is 2.17. The number of nitrogens with zero attached hydrogens (tertiary/aromatic N) is 2. The molecule has 2 aromatic rings. The predicted molar refractivity (Wildman–Crippen MR) is 95.8 cm³/mol. The van der Waals surface area contributed by atoms with Gasteiger partial charge in [-0.25, -0.2) is 4.79 Å². The van der Waals surface area contributed by atoms with Crippen LogP contribution in [0.1, 0.15) is 5.56 Å². The molecular weight excluding hydrogens is 340 g/mol. The fourth-order valence-electron chi connectivity index (χ4n) is 2.71. The molecule has 5 nitrogen and oxygen atoms in total. The molecule has 1 saturated heterocycles. The van der Waals surface area contributed by atoms with Crippen LogP contribution in [0.15, 0.2) is 54.6 Å². The predicted octanol–water partition coefficient (Wildman–Crippen LogP) is 3.23. The third-order valence-corrected chi connectivity index (χ3v) is 4.51. The summed E-state index contributed by atoms with van der Waals surface area (Å²) in [6, 6.07) is 16.3. The summed E-state index contributed by atoms with van der Waals surface area (Å²) in [7, 11) is 0. The SMILES string of the molecule is O=C(Cc1ccccc1Cl)N1CCN(C(=O)Oc2ccccc2)CC1. The minimum absolute atomic E-state index is 0.0178.